The summed E-state index contributed by atoms with van der Waals surface area (Å²) in [5, 5.41) is 9.25. The van der Waals surface area contributed by atoms with Crippen LogP contribution in [0.15, 0.2) is 29.2 Å². The van der Waals surface area contributed by atoms with Gasteiger partial charge in [0.15, 0.2) is 0 Å². The number of carbonyl (C=O) groups is 1. The van der Waals surface area contributed by atoms with Crippen LogP contribution in [-0.2, 0) is 0 Å². The fraction of sp³-hybridized carbons (Fsp3) is 0.222. The fourth-order valence-electron chi connectivity index (χ4n) is 0.729. The van der Waals surface area contributed by atoms with Gasteiger partial charge in [-0.15, -0.1) is 0 Å². The van der Waals surface area contributed by atoms with Crippen LogP contribution in [0.3, 0.4) is 0 Å². The number of phenolic OH excluding ortho intramolecular Hbond substituents is 1. The van der Waals surface area contributed by atoms with Crippen LogP contribution < -0.4 is 0 Å². The van der Waals surface area contributed by atoms with E-state index in [0.717, 1.165) is 11.8 Å². The van der Waals surface area contributed by atoms with Gasteiger partial charge >= 0.3 is 0 Å². The van der Waals surface area contributed by atoms with Crippen LogP contribution in [0.1, 0.15) is 0 Å². The highest BCUT2D eigenvalue weighted by Crippen LogP contribution is 2.28. The first-order chi connectivity index (χ1) is 6.11. The van der Waals surface area contributed by atoms with Crippen molar-refractivity contribution < 1.29 is 9.90 Å². The molecule has 0 aliphatic rings. The number of hydrogen-bond donors (Lipinski definition) is 1. The van der Waals surface area contributed by atoms with Gasteiger partial charge in [-0.2, -0.15) is 0 Å². The molecule has 0 fully saturated rings. The molecule has 1 aromatic carbocycles. The van der Waals surface area contributed by atoms with E-state index in [1.54, 1.807) is 38.4 Å². The smallest absolute Gasteiger partial charge is 0.286 e. The molecule has 1 rings (SSSR count). The number of nitrogens with zero attached hydrogens (tertiary/aromatic N) is 1. The number of carbonyl (C=O) groups excluding carboxylic acids is 1. The maximum atomic E-state index is 11.2. The number of thioether (sulfide) groups is 1. The quantitative estimate of drug-likeness (QED) is 0.701. The molecule has 0 saturated carbocycles. The maximum Gasteiger partial charge on any atom is 0.286 e. The molecular formula is C9H11NO2S. The molecular weight excluding hydrogens is 186 g/mol. The molecule has 1 amide bonds. The lowest BCUT2D eigenvalue weighted by Crippen LogP contribution is -2.15. The normalized spacial score (nSPS) is 9.69. The predicted octanol–water partition coefficient (Wildman–Crippen LogP) is 2.17. The van der Waals surface area contributed by atoms with Gasteiger partial charge in [-0.1, -0.05) is 12.1 Å². The Labute approximate surface area is 81.4 Å². The van der Waals surface area contributed by atoms with Crippen LogP contribution >= 0.6 is 11.8 Å². The summed E-state index contributed by atoms with van der Waals surface area (Å²) in [6, 6.07) is 6.77. The van der Waals surface area contributed by atoms with E-state index in [-0.39, 0.29) is 11.0 Å². The fourth-order valence-corrected chi connectivity index (χ4v) is 1.42. The number of amides is 1. The molecule has 0 bridgehead atoms. The molecule has 0 aliphatic heterocycles. The van der Waals surface area contributed by atoms with E-state index in [4.69, 9.17) is 0 Å². The van der Waals surface area contributed by atoms with E-state index < -0.39 is 0 Å². The third kappa shape index (κ3) is 2.66. The van der Waals surface area contributed by atoms with Gasteiger partial charge in [-0.3, -0.25) is 4.79 Å². The molecule has 1 aromatic rings. The van der Waals surface area contributed by atoms with Crippen LogP contribution in [0.5, 0.6) is 5.75 Å². The van der Waals surface area contributed by atoms with Crippen molar-refractivity contribution in [2.24, 2.45) is 0 Å². The number of phenols is 1. The van der Waals surface area contributed by atoms with Crippen molar-refractivity contribution in [3.05, 3.63) is 24.3 Å². The highest BCUT2D eigenvalue weighted by molar-refractivity contribution is 8.13. The molecule has 3 nitrogen and oxygen atoms in total. The molecule has 0 saturated heterocycles. The Bertz CT molecular complexity index is 312. The molecule has 70 valence electrons. The lowest BCUT2D eigenvalue weighted by atomic mass is 10.3. The average molecular weight is 197 g/mol. The van der Waals surface area contributed by atoms with E-state index in [0.29, 0.717) is 4.90 Å². The second-order valence-electron chi connectivity index (χ2n) is 2.73. The summed E-state index contributed by atoms with van der Waals surface area (Å²) < 4.78 is 0. The second-order valence-corrected chi connectivity index (χ2v) is 3.72. The molecule has 0 atom stereocenters. The summed E-state index contributed by atoms with van der Waals surface area (Å²) in [6.45, 7) is 0. The third-order valence-corrected chi connectivity index (χ3v) is 2.53. The van der Waals surface area contributed by atoms with Crippen molar-refractivity contribution in [2.75, 3.05) is 14.1 Å². The summed E-state index contributed by atoms with van der Waals surface area (Å²) in [5.41, 5.74) is 0. The highest BCUT2D eigenvalue weighted by atomic mass is 32.2. The lowest BCUT2D eigenvalue weighted by molar-refractivity contribution is 0.241. The Morgan fingerprint density at radius 3 is 2.54 bits per heavy atom. The molecule has 0 unspecified atom stereocenters. The minimum absolute atomic E-state index is 0.0958. The van der Waals surface area contributed by atoms with E-state index in [9.17, 15) is 9.90 Å². The number of aromatic hydroxyl groups is 1. The Balaban J connectivity index is 2.75. The maximum absolute atomic E-state index is 11.2. The largest absolute Gasteiger partial charge is 0.507 e. The van der Waals surface area contributed by atoms with E-state index in [1.165, 1.54) is 4.90 Å². The second kappa shape index (κ2) is 4.18. The Morgan fingerprint density at radius 1 is 1.38 bits per heavy atom. The molecule has 0 aromatic heterocycles. The van der Waals surface area contributed by atoms with Gasteiger partial charge in [0, 0.05) is 14.1 Å². The topological polar surface area (TPSA) is 40.5 Å². The summed E-state index contributed by atoms with van der Waals surface area (Å²) in [5.74, 6) is 0.141. The first-order valence-corrected chi connectivity index (χ1v) is 4.60. The van der Waals surface area contributed by atoms with Gasteiger partial charge in [-0.05, 0) is 23.9 Å². The summed E-state index contributed by atoms with van der Waals surface area (Å²) in [4.78, 5) is 13.3. The minimum atomic E-state index is -0.0958. The molecule has 4 heteroatoms. The number of hydrogen-bond acceptors (Lipinski definition) is 3. The molecule has 1 N–H and O–H groups in total. The van der Waals surface area contributed by atoms with Crippen LogP contribution in [0.4, 0.5) is 4.79 Å². The van der Waals surface area contributed by atoms with Gasteiger partial charge in [0.1, 0.15) is 5.75 Å². The van der Waals surface area contributed by atoms with Crippen molar-refractivity contribution >= 4 is 17.0 Å². The van der Waals surface area contributed by atoms with Crippen LogP contribution in [0.2, 0.25) is 0 Å². The number of rotatable bonds is 1. The average Bonchev–Trinajstić information content (AvgIpc) is 2.08. The zero-order valence-electron chi connectivity index (χ0n) is 7.52. The van der Waals surface area contributed by atoms with Crippen molar-refractivity contribution in [3.63, 3.8) is 0 Å². The molecule has 0 spiro atoms. The van der Waals surface area contributed by atoms with E-state index in [1.807, 2.05) is 0 Å². The zero-order chi connectivity index (χ0) is 9.84. The first-order valence-electron chi connectivity index (χ1n) is 3.78. The molecule has 0 radical (unpaired) electrons. The summed E-state index contributed by atoms with van der Waals surface area (Å²) >= 11 is 1.02. The standard InChI is InChI=1S/C9H11NO2S/c1-10(2)9(12)13-8-6-4-3-5-7(8)11/h3-6,11H,1-2H3. The molecule has 13 heavy (non-hydrogen) atoms. The van der Waals surface area contributed by atoms with Crippen molar-refractivity contribution in [1.82, 2.24) is 4.90 Å². The monoisotopic (exact) mass is 197 g/mol. The van der Waals surface area contributed by atoms with E-state index >= 15 is 0 Å². The number of para-hydroxylation sites is 1. The summed E-state index contributed by atoms with van der Waals surface area (Å²) in [6.07, 6.45) is 0. The van der Waals surface area contributed by atoms with Crippen LogP contribution in [0.25, 0.3) is 0 Å². The third-order valence-electron chi connectivity index (χ3n) is 1.43. The van der Waals surface area contributed by atoms with Crippen LogP contribution in [0, 0.1) is 0 Å². The van der Waals surface area contributed by atoms with Gasteiger partial charge in [0.25, 0.3) is 5.24 Å². The molecule has 0 heterocycles. The summed E-state index contributed by atoms with van der Waals surface area (Å²) in [7, 11) is 3.35. The van der Waals surface area contributed by atoms with Gasteiger partial charge < -0.3 is 10.0 Å². The van der Waals surface area contributed by atoms with Gasteiger partial charge in [-0.25, -0.2) is 0 Å². The van der Waals surface area contributed by atoms with Gasteiger partial charge in [0.05, 0.1) is 4.90 Å². The van der Waals surface area contributed by atoms with Gasteiger partial charge in [0.2, 0.25) is 0 Å². The molecule has 0 aliphatic carbocycles. The SMILES string of the molecule is CN(C)C(=O)Sc1ccccc1O. The zero-order valence-corrected chi connectivity index (χ0v) is 8.34. The Morgan fingerprint density at radius 2 is 2.00 bits per heavy atom. The minimum Gasteiger partial charge on any atom is -0.507 e. The van der Waals surface area contributed by atoms with Crippen molar-refractivity contribution in [1.29, 1.82) is 0 Å². The Hall–Kier alpha value is -1.16. The lowest BCUT2D eigenvalue weighted by Gasteiger charge is -2.09. The van der Waals surface area contributed by atoms with Crippen molar-refractivity contribution in [3.8, 4) is 5.75 Å². The van der Waals surface area contributed by atoms with Crippen LogP contribution in [-0.4, -0.2) is 29.3 Å². The van der Waals surface area contributed by atoms with Crippen molar-refractivity contribution in [2.45, 2.75) is 4.90 Å². The van der Waals surface area contributed by atoms with E-state index in [2.05, 4.69) is 0 Å². The first kappa shape index (κ1) is 9.92. The predicted molar refractivity (Wildman–Crippen MR) is 53.0 cm³/mol. The highest BCUT2D eigenvalue weighted by Gasteiger charge is 2.08. The number of benzene rings is 1. The Kier molecular flexibility index (Phi) is 3.19.